The van der Waals surface area contributed by atoms with Crippen molar-refractivity contribution in [3.8, 4) is 0 Å². The lowest BCUT2D eigenvalue weighted by Gasteiger charge is -2.19. The lowest BCUT2D eigenvalue weighted by Crippen LogP contribution is -2.40. The van der Waals surface area contributed by atoms with Gasteiger partial charge in [-0.15, -0.1) is 0 Å². The molecule has 1 atom stereocenters. The molecule has 1 aromatic carbocycles. The van der Waals surface area contributed by atoms with E-state index in [0.717, 1.165) is 5.56 Å². The predicted octanol–water partition coefficient (Wildman–Crippen LogP) is 2.13. The van der Waals surface area contributed by atoms with Gasteiger partial charge in [0.15, 0.2) is 12.4 Å². The van der Waals surface area contributed by atoms with Gasteiger partial charge in [0.2, 0.25) is 10.0 Å². The van der Waals surface area contributed by atoms with Crippen molar-refractivity contribution in [2.75, 3.05) is 11.9 Å². The number of esters is 1. The maximum atomic E-state index is 12.5. The number of aryl methyl sites for hydroxylation is 1. The number of carbonyl (C=O) groups excluding carboxylic acids is 2. The highest BCUT2D eigenvalue weighted by Crippen LogP contribution is 2.23. The van der Waals surface area contributed by atoms with Crippen LogP contribution in [0.3, 0.4) is 0 Å². The SMILES string of the molecule is Cc1cc(NC(=O)COC(=O)[C@H](C)NS(=O)(=O)c2ccc(C(C)(C)C)cc2)no1. The first-order valence-electron chi connectivity index (χ1n) is 8.91. The van der Waals surface area contributed by atoms with Crippen LogP contribution in [0.15, 0.2) is 39.8 Å². The van der Waals surface area contributed by atoms with E-state index in [1.165, 1.54) is 25.1 Å². The van der Waals surface area contributed by atoms with E-state index < -0.39 is 34.5 Å². The maximum absolute atomic E-state index is 12.5. The molecule has 1 heterocycles. The average molecular weight is 423 g/mol. The third-order valence-corrected chi connectivity index (χ3v) is 5.51. The first-order valence-corrected chi connectivity index (χ1v) is 10.4. The lowest BCUT2D eigenvalue weighted by molar-refractivity contribution is -0.148. The Kier molecular flexibility index (Phi) is 6.81. The molecule has 0 spiro atoms. The van der Waals surface area contributed by atoms with Gasteiger partial charge in [-0.25, -0.2) is 8.42 Å². The van der Waals surface area contributed by atoms with Gasteiger partial charge in [0.1, 0.15) is 11.8 Å². The second-order valence-electron chi connectivity index (χ2n) is 7.60. The molecular formula is C19H25N3O6S. The van der Waals surface area contributed by atoms with Crippen molar-refractivity contribution >= 4 is 27.7 Å². The number of hydrogen-bond acceptors (Lipinski definition) is 7. The number of nitrogens with zero attached hydrogens (tertiary/aromatic N) is 1. The van der Waals surface area contributed by atoms with Crippen molar-refractivity contribution in [1.82, 2.24) is 9.88 Å². The fraction of sp³-hybridized carbons (Fsp3) is 0.421. The molecule has 0 unspecified atom stereocenters. The molecule has 10 heteroatoms. The van der Waals surface area contributed by atoms with Crippen LogP contribution in [0.2, 0.25) is 0 Å². The highest BCUT2D eigenvalue weighted by atomic mass is 32.2. The minimum absolute atomic E-state index is 0.0318. The summed E-state index contributed by atoms with van der Waals surface area (Å²) in [6.45, 7) is 8.47. The largest absolute Gasteiger partial charge is 0.454 e. The molecule has 0 saturated heterocycles. The summed E-state index contributed by atoms with van der Waals surface area (Å²) >= 11 is 0. The van der Waals surface area contributed by atoms with Crippen molar-refractivity contribution in [3.05, 3.63) is 41.7 Å². The molecule has 0 bridgehead atoms. The van der Waals surface area contributed by atoms with Crippen LogP contribution in [-0.4, -0.2) is 38.1 Å². The Bertz CT molecular complexity index is 974. The average Bonchev–Trinajstić information content (AvgIpc) is 3.03. The summed E-state index contributed by atoms with van der Waals surface area (Å²) in [7, 11) is -3.92. The lowest BCUT2D eigenvalue weighted by atomic mass is 9.87. The molecule has 9 nitrogen and oxygen atoms in total. The summed E-state index contributed by atoms with van der Waals surface area (Å²) in [5.41, 5.74) is 0.871. The van der Waals surface area contributed by atoms with Gasteiger partial charge in [0, 0.05) is 6.07 Å². The van der Waals surface area contributed by atoms with Crippen LogP contribution in [-0.2, 0) is 29.8 Å². The van der Waals surface area contributed by atoms with Gasteiger partial charge < -0.3 is 14.6 Å². The second kappa shape index (κ2) is 8.75. The summed E-state index contributed by atoms with van der Waals surface area (Å²) in [5.74, 6) is -0.808. The van der Waals surface area contributed by atoms with E-state index in [1.54, 1.807) is 19.1 Å². The summed E-state index contributed by atoms with van der Waals surface area (Å²) in [6.07, 6.45) is 0. The number of benzene rings is 1. The van der Waals surface area contributed by atoms with Gasteiger partial charge in [-0.3, -0.25) is 9.59 Å². The monoisotopic (exact) mass is 423 g/mol. The number of ether oxygens (including phenoxy) is 1. The standard InChI is InChI=1S/C19H25N3O6S/c1-12-10-16(21-28-12)20-17(23)11-27-18(24)13(2)22-29(25,26)15-8-6-14(7-9-15)19(3,4)5/h6-10,13,22H,11H2,1-5H3,(H,20,21,23)/t13-/m0/s1. The van der Waals surface area contributed by atoms with E-state index in [1.807, 2.05) is 20.8 Å². The molecule has 1 amide bonds. The number of carbonyl (C=O) groups is 2. The Hall–Kier alpha value is -2.72. The third kappa shape index (κ3) is 6.40. The quantitative estimate of drug-likeness (QED) is 0.653. The number of sulfonamides is 1. The number of aromatic nitrogens is 1. The molecule has 158 valence electrons. The molecule has 0 radical (unpaired) electrons. The number of anilines is 1. The van der Waals surface area contributed by atoms with E-state index in [2.05, 4.69) is 15.2 Å². The number of nitrogens with one attached hydrogen (secondary N) is 2. The number of rotatable bonds is 7. The van der Waals surface area contributed by atoms with E-state index in [-0.39, 0.29) is 16.1 Å². The van der Waals surface area contributed by atoms with E-state index >= 15 is 0 Å². The summed E-state index contributed by atoms with van der Waals surface area (Å²) in [6, 6.07) is 6.75. The Morgan fingerprint density at radius 3 is 2.34 bits per heavy atom. The van der Waals surface area contributed by atoms with Crippen LogP contribution in [0, 0.1) is 6.92 Å². The van der Waals surface area contributed by atoms with Crippen LogP contribution in [0.25, 0.3) is 0 Å². The molecule has 0 aliphatic carbocycles. The zero-order chi connectivity index (χ0) is 21.8. The van der Waals surface area contributed by atoms with Crippen LogP contribution >= 0.6 is 0 Å². The van der Waals surface area contributed by atoms with Crippen molar-refractivity contribution < 1.29 is 27.3 Å². The molecule has 0 fully saturated rings. The zero-order valence-electron chi connectivity index (χ0n) is 17.0. The third-order valence-electron chi connectivity index (χ3n) is 3.96. The van der Waals surface area contributed by atoms with E-state index in [9.17, 15) is 18.0 Å². The van der Waals surface area contributed by atoms with Gasteiger partial charge in [-0.05, 0) is 37.0 Å². The van der Waals surface area contributed by atoms with Crippen molar-refractivity contribution in [2.45, 2.75) is 51.0 Å². The first-order chi connectivity index (χ1) is 13.4. The summed E-state index contributed by atoms with van der Waals surface area (Å²) in [5, 5.41) is 5.97. The second-order valence-corrected chi connectivity index (χ2v) is 9.31. The molecule has 2 rings (SSSR count). The Balaban J connectivity index is 1.91. The van der Waals surface area contributed by atoms with Crippen LogP contribution in [0.4, 0.5) is 5.82 Å². The van der Waals surface area contributed by atoms with E-state index in [0.29, 0.717) is 5.76 Å². The fourth-order valence-corrected chi connectivity index (χ4v) is 3.54. The van der Waals surface area contributed by atoms with Crippen molar-refractivity contribution in [3.63, 3.8) is 0 Å². The Morgan fingerprint density at radius 1 is 1.21 bits per heavy atom. The minimum Gasteiger partial charge on any atom is -0.454 e. The topological polar surface area (TPSA) is 128 Å². The van der Waals surface area contributed by atoms with Gasteiger partial charge in [0.25, 0.3) is 5.91 Å². The van der Waals surface area contributed by atoms with Crippen LogP contribution in [0.5, 0.6) is 0 Å². The molecule has 29 heavy (non-hydrogen) atoms. The minimum atomic E-state index is -3.92. The fourth-order valence-electron chi connectivity index (χ4n) is 2.35. The Labute approximate surface area is 169 Å². The van der Waals surface area contributed by atoms with Crippen molar-refractivity contribution in [2.24, 2.45) is 0 Å². The molecule has 0 aliphatic rings. The summed E-state index contributed by atoms with van der Waals surface area (Å²) in [4.78, 5) is 23.8. The first kappa shape index (κ1) is 22.6. The summed E-state index contributed by atoms with van der Waals surface area (Å²) < 4.78 is 36.8. The Morgan fingerprint density at radius 2 is 1.83 bits per heavy atom. The smallest absolute Gasteiger partial charge is 0.324 e. The zero-order valence-corrected chi connectivity index (χ0v) is 17.8. The number of hydrogen-bond donors (Lipinski definition) is 2. The predicted molar refractivity (Wildman–Crippen MR) is 106 cm³/mol. The van der Waals surface area contributed by atoms with Crippen molar-refractivity contribution in [1.29, 1.82) is 0 Å². The normalized spacial score (nSPS) is 13.0. The van der Waals surface area contributed by atoms with Gasteiger partial charge in [-0.1, -0.05) is 38.1 Å². The molecule has 2 N–H and O–H groups in total. The number of amides is 1. The molecule has 2 aromatic rings. The molecule has 1 aromatic heterocycles. The highest BCUT2D eigenvalue weighted by Gasteiger charge is 2.24. The molecule has 0 aliphatic heterocycles. The highest BCUT2D eigenvalue weighted by molar-refractivity contribution is 7.89. The molecular weight excluding hydrogens is 398 g/mol. The van der Waals surface area contributed by atoms with E-state index in [4.69, 9.17) is 9.26 Å². The van der Waals surface area contributed by atoms with Gasteiger partial charge >= 0.3 is 5.97 Å². The van der Waals surface area contributed by atoms with Gasteiger partial charge in [-0.2, -0.15) is 4.72 Å². The van der Waals surface area contributed by atoms with Gasteiger partial charge in [0.05, 0.1) is 4.90 Å². The van der Waals surface area contributed by atoms with Crippen LogP contribution in [0.1, 0.15) is 39.0 Å². The maximum Gasteiger partial charge on any atom is 0.324 e. The van der Waals surface area contributed by atoms with Crippen LogP contribution < -0.4 is 10.0 Å². The molecule has 0 saturated carbocycles.